The molecule has 0 saturated heterocycles. The number of carbonyl (C=O) groups excluding carboxylic acids is 1. The monoisotopic (exact) mass is 229 g/mol. The maximum Gasteiger partial charge on any atom is 0.407 e. The van der Waals surface area contributed by atoms with Gasteiger partial charge in [0.2, 0.25) is 0 Å². The molecule has 0 aromatic heterocycles. The first-order valence-corrected chi connectivity index (χ1v) is 6.32. The van der Waals surface area contributed by atoms with E-state index in [9.17, 15) is 4.79 Å². The van der Waals surface area contributed by atoms with Gasteiger partial charge in [-0.2, -0.15) is 0 Å². The van der Waals surface area contributed by atoms with Crippen LogP contribution in [0.1, 0.15) is 60.3 Å². The molecular formula is C13H27NO2. The smallest absolute Gasteiger partial charge is 0.407 e. The third-order valence-corrected chi connectivity index (χ3v) is 2.51. The first kappa shape index (κ1) is 15.3. The number of ether oxygens (including phenoxy) is 1. The maximum atomic E-state index is 11.3. The lowest BCUT2D eigenvalue weighted by Crippen LogP contribution is -2.35. The molecule has 0 saturated carbocycles. The van der Waals surface area contributed by atoms with Gasteiger partial charge in [0.1, 0.15) is 0 Å². The Kier molecular flexibility index (Phi) is 7.18. The normalized spacial score (nSPS) is 11.6. The number of carbonyl (C=O) groups is 1. The Balaban J connectivity index is 3.75. The van der Waals surface area contributed by atoms with Gasteiger partial charge in [-0.3, -0.25) is 0 Å². The fourth-order valence-corrected chi connectivity index (χ4v) is 1.51. The van der Waals surface area contributed by atoms with Gasteiger partial charge >= 0.3 is 6.09 Å². The van der Waals surface area contributed by atoms with Gasteiger partial charge in [-0.05, 0) is 25.7 Å². The van der Waals surface area contributed by atoms with Gasteiger partial charge in [-0.1, -0.05) is 40.0 Å². The number of hydrogen-bond acceptors (Lipinski definition) is 2. The average molecular weight is 229 g/mol. The first-order chi connectivity index (χ1) is 7.37. The van der Waals surface area contributed by atoms with Crippen LogP contribution >= 0.6 is 0 Å². The van der Waals surface area contributed by atoms with E-state index in [2.05, 4.69) is 26.1 Å². The van der Waals surface area contributed by atoms with Crippen LogP contribution in [0.4, 0.5) is 4.79 Å². The Morgan fingerprint density at radius 3 is 2.44 bits per heavy atom. The Morgan fingerprint density at radius 1 is 1.31 bits per heavy atom. The van der Waals surface area contributed by atoms with Crippen LogP contribution in [0.3, 0.4) is 0 Å². The van der Waals surface area contributed by atoms with E-state index in [1.54, 1.807) is 0 Å². The molecule has 16 heavy (non-hydrogen) atoms. The molecule has 0 unspecified atom stereocenters. The minimum Gasteiger partial charge on any atom is -0.447 e. The number of unbranched alkanes of at least 4 members (excludes halogenated alkanes) is 2. The largest absolute Gasteiger partial charge is 0.447 e. The highest BCUT2D eigenvalue weighted by atomic mass is 16.6. The molecule has 0 atom stereocenters. The fourth-order valence-electron chi connectivity index (χ4n) is 1.51. The van der Waals surface area contributed by atoms with E-state index in [0.29, 0.717) is 6.54 Å². The lowest BCUT2D eigenvalue weighted by Gasteiger charge is -2.25. The third-order valence-electron chi connectivity index (χ3n) is 2.51. The van der Waals surface area contributed by atoms with Crippen LogP contribution in [0.5, 0.6) is 0 Å². The summed E-state index contributed by atoms with van der Waals surface area (Å²) in [5.41, 5.74) is 0.158. The van der Waals surface area contributed by atoms with Crippen molar-refractivity contribution in [3.8, 4) is 0 Å². The first-order valence-electron chi connectivity index (χ1n) is 6.32. The third kappa shape index (κ3) is 8.57. The zero-order valence-corrected chi connectivity index (χ0v) is 11.4. The van der Waals surface area contributed by atoms with Crippen LogP contribution in [0.15, 0.2) is 0 Å². The number of alkyl carbamates (subject to hydrolysis) is 1. The van der Waals surface area contributed by atoms with E-state index < -0.39 is 0 Å². The Bertz CT molecular complexity index is 200. The highest BCUT2D eigenvalue weighted by Crippen LogP contribution is 2.22. The summed E-state index contributed by atoms with van der Waals surface area (Å²) in [5, 5.41) is 2.82. The van der Waals surface area contributed by atoms with Crippen molar-refractivity contribution in [2.24, 2.45) is 5.41 Å². The quantitative estimate of drug-likeness (QED) is 0.675. The van der Waals surface area contributed by atoms with Gasteiger partial charge in [-0.25, -0.2) is 4.79 Å². The van der Waals surface area contributed by atoms with Crippen LogP contribution < -0.4 is 5.32 Å². The Morgan fingerprint density at radius 2 is 1.94 bits per heavy atom. The maximum absolute atomic E-state index is 11.3. The molecule has 1 N–H and O–H groups in total. The molecule has 1 amide bonds. The molecule has 0 aromatic carbocycles. The molecule has 0 bridgehead atoms. The van der Waals surface area contributed by atoms with E-state index in [-0.39, 0.29) is 17.6 Å². The van der Waals surface area contributed by atoms with Crippen molar-refractivity contribution in [1.29, 1.82) is 0 Å². The molecule has 0 fully saturated rings. The number of nitrogens with one attached hydrogen (secondary N) is 1. The topological polar surface area (TPSA) is 38.3 Å². The van der Waals surface area contributed by atoms with E-state index in [4.69, 9.17) is 4.74 Å². The second kappa shape index (κ2) is 7.53. The van der Waals surface area contributed by atoms with Crippen molar-refractivity contribution in [2.45, 2.75) is 66.4 Å². The van der Waals surface area contributed by atoms with Crippen molar-refractivity contribution < 1.29 is 9.53 Å². The van der Waals surface area contributed by atoms with Gasteiger partial charge in [0, 0.05) is 6.54 Å². The summed E-state index contributed by atoms with van der Waals surface area (Å²) >= 11 is 0. The van der Waals surface area contributed by atoms with Gasteiger partial charge in [0.05, 0.1) is 6.10 Å². The van der Waals surface area contributed by atoms with E-state index in [1.807, 2.05) is 13.8 Å². The van der Waals surface area contributed by atoms with Crippen LogP contribution in [0.25, 0.3) is 0 Å². The number of hydrogen-bond donors (Lipinski definition) is 1. The lowest BCUT2D eigenvalue weighted by atomic mass is 9.87. The summed E-state index contributed by atoms with van der Waals surface area (Å²) < 4.78 is 5.02. The molecule has 0 aliphatic rings. The SMILES string of the molecule is CCCCCC(C)(C)CNC(=O)OC(C)C. The van der Waals surface area contributed by atoms with Crippen molar-refractivity contribution in [2.75, 3.05) is 6.54 Å². The minimum absolute atomic E-state index is 0.0526. The van der Waals surface area contributed by atoms with Gasteiger partial charge in [0.25, 0.3) is 0 Å². The lowest BCUT2D eigenvalue weighted by molar-refractivity contribution is 0.111. The molecule has 96 valence electrons. The summed E-state index contributed by atoms with van der Waals surface area (Å²) in [5.74, 6) is 0. The van der Waals surface area contributed by atoms with Crippen LogP contribution in [0.2, 0.25) is 0 Å². The van der Waals surface area contributed by atoms with Crippen molar-refractivity contribution in [1.82, 2.24) is 5.32 Å². The van der Waals surface area contributed by atoms with Crippen LogP contribution in [-0.4, -0.2) is 18.7 Å². The number of rotatable bonds is 7. The minimum atomic E-state index is -0.307. The predicted molar refractivity (Wildman–Crippen MR) is 67.5 cm³/mol. The molecule has 3 nitrogen and oxygen atoms in total. The second-order valence-corrected chi connectivity index (χ2v) is 5.43. The molecule has 0 spiro atoms. The Labute approximate surface area is 99.9 Å². The number of amides is 1. The van der Waals surface area contributed by atoms with E-state index in [1.165, 1.54) is 19.3 Å². The summed E-state index contributed by atoms with van der Waals surface area (Å²) in [6.07, 6.45) is 4.51. The van der Waals surface area contributed by atoms with E-state index >= 15 is 0 Å². The Hall–Kier alpha value is -0.730. The predicted octanol–water partition coefficient (Wildman–Crippen LogP) is 3.73. The van der Waals surface area contributed by atoms with Gasteiger partial charge < -0.3 is 10.1 Å². The standard InChI is InChI=1S/C13H27NO2/c1-6-7-8-9-13(4,5)10-14-12(15)16-11(2)3/h11H,6-10H2,1-5H3,(H,14,15). The van der Waals surface area contributed by atoms with Crippen molar-refractivity contribution in [3.63, 3.8) is 0 Å². The zero-order chi connectivity index (χ0) is 12.6. The second-order valence-electron chi connectivity index (χ2n) is 5.43. The van der Waals surface area contributed by atoms with Gasteiger partial charge in [-0.15, -0.1) is 0 Å². The van der Waals surface area contributed by atoms with Crippen LogP contribution in [-0.2, 0) is 4.74 Å². The molecule has 0 aromatic rings. The summed E-state index contributed by atoms with van der Waals surface area (Å²) in [4.78, 5) is 11.3. The molecule has 0 aliphatic carbocycles. The molecular weight excluding hydrogens is 202 g/mol. The summed E-state index contributed by atoms with van der Waals surface area (Å²) in [6.45, 7) is 10.9. The molecule has 0 rings (SSSR count). The molecule has 0 heterocycles. The van der Waals surface area contributed by atoms with Gasteiger partial charge in [0.15, 0.2) is 0 Å². The highest BCUT2D eigenvalue weighted by Gasteiger charge is 2.18. The molecule has 0 aliphatic heterocycles. The fraction of sp³-hybridized carbons (Fsp3) is 0.923. The summed E-state index contributed by atoms with van der Waals surface area (Å²) in [6, 6.07) is 0. The molecule has 0 radical (unpaired) electrons. The van der Waals surface area contributed by atoms with Crippen molar-refractivity contribution >= 4 is 6.09 Å². The average Bonchev–Trinajstić information content (AvgIpc) is 2.14. The highest BCUT2D eigenvalue weighted by molar-refractivity contribution is 5.67. The van der Waals surface area contributed by atoms with Crippen LogP contribution in [0, 0.1) is 5.41 Å². The molecule has 3 heteroatoms. The van der Waals surface area contributed by atoms with E-state index in [0.717, 1.165) is 6.42 Å². The summed E-state index contributed by atoms with van der Waals surface area (Å²) in [7, 11) is 0. The van der Waals surface area contributed by atoms with Crippen molar-refractivity contribution in [3.05, 3.63) is 0 Å². The zero-order valence-electron chi connectivity index (χ0n) is 11.4.